The molecule has 0 fully saturated rings. The molecule has 1 heterocycles. The van der Waals surface area contributed by atoms with Gasteiger partial charge in [0.15, 0.2) is 0 Å². The second-order valence-electron chi connectivity index (χ2n) is 5.42. The van der Waals surface area contributed by atoms with E-state index in [1.165, 1.54) is 16.7 Å². The summed E-state index contributed by atoms with van der Waals surface area (Å²) in [6.07, 6.45) is 1.68. The van der Waals surface area contributed by atoms with Crippen LogP contribution < -0.4 is 0 Å². The summed E-state index contributed by atoms with van der Waals surface area (Å²) in [5, 5.41) is 10.5. The number of aliphatic hydroxyl groups excluding tert-OH is 1. The molecule has 20 heavy (non-hydrogen) atoms. The van der Waals surface area contributed by atoms with Crippen LogP contribution in [0.15, 0.2) is 42.5 Å². The summed E-state index contributed by atoms with van der Waals surface area (Å²) in [6.45, 7) is 3.53. The molecule has 3 rings (SSSR count). The van der Waals surface area contributed by atoms with Crippen molar-refractivity contribution in [2.24, 2.45) is 0 Å². The smallest absolute Gasteiger partial charge is 0.104 e. The van der Waals surface area contributed by atoms with Gasteiger partial charge in [-0.05, 0) is 34.2 Å². The molecule has 0 aromatic heterocycles. The number of rotatable bonds is 4. The lowest BCUT2D eigenvalue weighted by atomic mass is 9.97. The van der Waals surface area contributed by atoms with Crippen molar-refractivity contribution in [3.05, 3.63) is 70.3 Å². The number of hydrogen-bond donors (Lipinski definition) is 1. The largest absolute Gasteiger partial charge is 0.384 e. The molecule has 2 aromatic rings. The van der Waals surface area contributed by atoms with Gasteiger partial charge in [0.25, 0.3) is 0 Å². The molecule has 1 N–H and O–H groups in total. The molecule has 1 aliphatic rings. The van der Waals surface area contributed by atoms with Crippen molar-refractivity contribution in [2.45, 2.75) is 39.1 Å². The Hall–Kier alpha value is -1.64. The van der Waals surface area contributed by atoms with Crippen LogP contribution in [0.1, 0.15) is 47.3 Å². The number of hydrogen-bond acceptors (Lipinski definition) is 2. The van der Waals surface area contributed by atoms with Crippen molar-refractivity contribution in [2.75, 3.05) is 0 Å². The molecular formula is C18H20O2. The van der Waals surface area contributed by atoms with Gasteiger partial charge < -0.3 is 9.84 Å². The Morgan fingerprint density at radius 3 is 2.45 bits per heavy atom. The maximum atomic E-state index is 10.5. The first-order valence-corrected chi connectivity index (χ1v) is 7.24. The summed E-state index contributed by atoms with van der Waals surface area (Å²) in [5.74, 6) is 0. The Balaban J connectivity index is 1.82. The molecular weight excluding hydrogens is 248 g/mol. The van der Waals surface area contributed by atoms with E-state index in [0.29, 0.717) is 13.2 Å². The summed E-state index contributed by atoms with van der Waals surface area (Å²) >= 11 is 0. The minimum Gasteiger partial charge on any atom is -0.384 e. The Kier molecular flexibility index (Phi) is 3.86. The molecule has 0 saturated heterocycles. The Labute approximate surface area is 120 Å². The number of aliphatic hydroxyl groups is 1. The molecule has 1 unspecified atom stereocenters. The molecule has 1 aliphatic heterocycles. The van der Waals surface area contributed by atoms with Gasteiger partial charge in [0.1, 0.15) is 6.10 Å². The van der Waals surface area contributed by atoms with Crippen LogP contribution in [0.5, 0.6) is 0 Å². The normalized spacial score (nSPS) is 15.1. The lowest BCUT2D eigenvalue weighted by Gasteiger charge is -2.13. The van der Waals surface area contributed by atoms with Gasteiger partial charge in [-0.15, -0.1) is 0 Å². The van der Waals surface area contributed by atoms with Crippen molar-refractivity contribution in [3.63, 3.8) is 0 Å². The molecule has 0 aliphatic carbocycles. The van der Waals surface area contributed by atoms with Crippen LogP contribution in [0.2, 0.25) is 0 Å². The third kappa shape index (κ3) is 2.62. The monoisotopic (exact) mass is 268 g/mol. The Bertz CT molecular complexity index is 587. The number of aryl methyl sites for hydroxylation is 1. The molecule has 2 aromatic carbocycles. The topological polar surface area (TPSA) is 29.5 Å². The van der Waals surface area contributed by atoms with Gasteiger partial charge in [-0.3, -0.25) is 0 Å². The lowest BCUT2D eigenvalue weighted by Crippen LogP contribution is -2.01. The quantitative estimate of drug-likeness (QED) is 0.915. The molecule has 2 nitrogen and oxygen atoms in total. The zero-order valence-electron chi connectivity index (χ0n) is 11.8. The van der Waals surface area contributed by atoms with E-state index in [2.05, 4.69) is 31.2 Å². The molecule has 104 valence electrons. The van der Waals surface area contributed by atoms with Gasteiger partial charge in [-0.2, -0.15) is 0 Å². The minimum absolute atomic E-state index is 0.559. The highest BCUT2D eigenvalue weighted by atomic mass is 16.5. The fraction of sp³-hybridized carbons (Fsp3) is 0.333. The SMILES string of the molecule is CCCc1ccc(C(O)c2ccc3c(c2)COC3)cc1. The van der Waals surface area contributed by atoms with E-state index in [4.69, 9.17) is 4.74 Å². The van der Waals surface area contributed by atoms with Crippen LogP contribution >= 0.6 is 0 Å². The zero-order chi connectivity index (χ0) is 13.9. The highest BCUT2D eigenvalue weighted by molar-refractivity contribution is 5.38. The van der Waals surface area contributed by atoms with E-state index in [1.54, 1.807) is 0 Å². The second kappa shape index (κ2) is 5.78. The number of ether oxygens (including phenoxy) is 1. The standard InChI is InChI=1S/C18H20O2/c1-2-3-13-4-6-14(7-5-13)18(19)15-8-9-16-11-20-12-17(16)10-15/h4-10,18-19H,2-3,11-12H2,1H3. The average Bonchev–Trinajstić information content (AvgIpc) is 2.95. The van der Waals surface area contributed by atoms with Crippen LogP contribution in [-0.2, 0) is 24.4 Å². The summed E-state index contributed by atoms with van der Waals surface area (Å²) in [6, 6.07) is 14.4. The zero-order valence-corrected chi connectivity index (χ0v) is 11.8. The molecule has 0 saturated carbocycles. The van der Waals surface area contributed by atoms with Crippen molar-refractivity contribution in [3.8, 4) is 0 Å². The third-order valence-electron chi connectivity index (χ3n) is 3.90. The van der Waals surface area contributed by atoms with E-state index in [-0.39, 0.29) is 0 Å². The van der Waals surface area contributed by atoms with Crippen LogP contribution in [0.25, 0.3) is 0 Å². The average molecular weight is 268 g/mol. The van der Waals surface area contributed by atoms with Crippen molar-refractivity contribution < 1.29 is 9.84 Å². The van der Waals surface area contributed by atoms with Crippen LogP contribution in [-0.4, -0.2) is 5.11 Å². The molecule has 0 spiro atoms. The van der Waals surface area contributed by atoms with Gasteiger partial charge in [0, 0.05) is 0 Å². The molecule has 0 bridgehead atoms. The Morgan fingerprint density at radius 2 is 1.70 bits per heavy atom. The molecule has 0 radical (unpaired) electrons. The van der Waals surface area contributed by atoms with Crippen LogP contribution in [0.4, 0.5) is 0 Å². The van der Waals surface area contributed by atoms with Gasteiger partial charge >= 0.3 is 0 Å². The summed E-state index contributed by atoms with van der Waals surface area (Å²) in [7, 11) is 0. The van der Waals surface area contributed by atoms with Crippen molar-refractivity contribution in [1.29, 1.82) is 0 Å². The fourth-order valence-corrected chi connectivity index (χ4v) is 2.71. The first-order chi connectivity index (χ1) is 9.78. The van der Waals surface area contributed by atoms with Gasteiger partial charge in [0.2, 0.25) is 0 Å². The third-order valence-corrected chi connectivity index (χ3v) is 3.90. The second-order valence-corrected chi connectivity index (χ2v) is 5.42. The van der Waals surface area contributed by atoms with Gasteiger partial charge in [-0.25, -0.2) is 0 Å². The van der Waals surface area contributed by atoms with Crippen LogP contribution in [0, 0.1) is 0 Å². The molecule has 2 heteroatoms. The van der Waals surface area contributed by atoms with E-state index < -0.39 is 6.10 Å². The Morgan fingerprint density at radius 1 is 1.00 bits per heavy atom. The number of fused-ring (bicyclic) bond motifs is 1. The summed E-state index contributed by atoms with van der Waals surface area (Å²) < 4.78 is 5.42. The first kappa shape index (κ1) is 13.3. The number of benzene rings is 2. The van der Waals surface area contributed by atoms with E-state index >= 15 is 0 Å². The molecule has 1 atom stereocenters. The van der Waals surface area contributed by atoms with E-state index in [1.807, 2.05) is 18.2 Å². The lowest BCUT2D eigenvalue weighted by molar-refractivity contribution is 0.134. The van der Waals surface area contributed by atoms with E-state index in [0.717, 1.165) is 24.0 Å². The van der Waals surface area contributed by atoms with Gasteiger partial charge in [-0.1, -0.05) is 55.8 Å². The fourth-order valence-electron chi connectivity index (χ4n) is 2.71. The molecule has 0 amide bonds. The summed E-state index contributed by atoms with van der Waals surface area (Å²) in [4.78, 5) is 0. The minimum atomic E-state index is -0.559. The predicted octanol–water partition coefficient (Wildman–Crippen LogP) is 3.75. The van der Waals surface area contributed by atoms with Crippen LogP contribution in [0.3, 0.4) is 0 Å². The summed E-state index contributed by atoms with van der Waals surface area (Å²) in [5.41, 5.74) is 5.65. The highest BCUT2D eigenvalue weighted by Crippen LogP contribution is 2.27. The predicted molar refractivity (Wildman–Crippen MR) is 79.4 cm³/mol. The van der Waals surface area contributed by atoms with Gasteiger partial charge in [0.05, 0.1) is 13.2 Å². The van der Waals surface area contributed by atoms with Crippen molar-refractivity contribution >= 4 is 0 Å². The maximum Gasteiger partial charge on any atom is 0.104 e. The first-order valence-electron chi connectivity index (χ1n) is 7.24. The maximum absolute atomic E-state index is 10.5. The van der Waals surface area contributed by atoms with E-state index in [9.17, 15) is 5.11 Å². The van der Waals surface area contributed by atoms with Crippen molar-refractivity contribution in [1.82, 2.24) is 0 Å². The highest BCUT2D eigenvalue weighted by Gasteiger charge is 2.15.